The maximum absolute atomic E-state index is 5.63. The number of hydrogen-bond acceptors (Lipinski definition) is 2. The smallest absolute Gasteiger partial charge is 0.00399 e. The van der Waals surface area contributed by atoms with Crippen LogP contribution >= 0.6 is 0 Å². The number of rotatable bonds is 0. The monoisotopic (exact) mass is 156 g/mol. The lowest BCUT2D eigenvalue weighted by molar-refractivity contribution is 0.441. The Morgan fingerprint density at radius 1 is 0.636 bits per heavy atom. The lowest BCUT2D eigenvalue weighted by Crippen LogP contribution is -2.22. The molecule has 0 unspecified atom stereocenters. The van der Waals surface area contributed by atoms with Gasteiger partial charge in [-0.1, -0.05) is 19.3 Å². The quantitative estimate of drug-likeness (QED) is 0.557. The van der Waals surface area contributed by atoms with Crippen LogP contribution in [0.15, 0.2) is 0 Å². The van der Waals surface area contributed by atoms with Crippen molar-refractivity contribution >= 4 is 0 Å². The van der Waals surface area contributed by atoms with Gasteiger partial charge in [-0.3, -0.25) is 0 Å². The van der Waals surface area contributed by atoms with Gasteiger partial charge in [-0.2, -0.15) is 0 Å². The molecule has 0 saturated heterocycles. The van der Waals surface area contributed by atoms with Crippen LogP contribution < -0.4 is 11.5 Å². The van der Waals surface area contributed by atoms with E-state index in [0.717, 1.165) is 0 Å². The van der Waals surface area contributed by atoms with E-state index in [-0.39, 0.29) is 0 Å². The van der Waals surface area contributed by atoms with Crippen molar-refractivity contribution in [3.63, 3.8) is 0 Å². The molecule has 0 spiro atoms. The fourth-order valence-electron chi connectivity index (χ4n) is 1.23. The van der Waals surface area contributed by atoms with Gasteiger partial charge in [0.1, 0.15) is 0 Å². The van der Waals surface area contributed by atoms with E-state index in [2.05, 4.69) is 0 Å². The zero-order valence-corrected chi connectivity index (χ0v) is 7.26. The Morgan fingerprint density at radius 3 is 1.18 bits per heavy atom. The first-order valence-electron chi connectivity index (χ1n) is 4.80. The van der Waals surface area contributed by atoms with E-state index in [4.69, 9.17) is 11.5 Å². The molecule has 0 aromatic carbocycles. The molecule has 0 heterocycles. The summed E-state index contributed by atoms with van der Waals surface area (Å²) < 4.78 is 0. The molecule has 0 amide bonds. The van der Waals surface area contributed by atoms with Crippen molar-refractivity contribution in [1.29, 1.82) is 0 Å². The minimum atomic E-state index is 0.536. The zero-order chi connectivity index (χ0) is 8.10. The highest BCUT2D eigenvalue weighted by Gasteiger charge is 2.13. The largest absolute Gasteiger partial charge is 0.328 e. The van der Waals surface area contributed by atoms with Crippen molar-refractivity contribution in [3.8, 4) is 0 Å². The van der Waals surface area contributed by atoms with E-state index in [1.807, 2.05) is 0 Å². The van der Waals surface area contributed by atoms with Crippen LogP contribution in [-0.4, -0.2) is 12.1 Å². The summed E-state index contributed by atoms with van der Waals surface area (Å²) in [5.41, 5.74) is 10.9. The van der Waals surface area contributed by atoms with E-state index in [1.165, 1.54) is 44.9 Å². The van der Waals surface area contributed by atoms with Gasteiger partial charge in [-0.05, 0) is 25.7 Å². The van der Waals surface area contributed by atoms with Crippen LogP contribution in [-0.2, 0) is 0 Å². The third-order valence-corrected chi connectivity index (χ3v) is 2.27. The van der Waals surface area contributed by atoms with Crippen LogP contribution in [0.2, 0.25) is 0 Å². The topological polar surface area (TPSA) is 52.0 Å². The summed E-state index contributed by atoms with van der Waals surface area (Å²) in [7, 11) is 0. The molecule has 2 heteroatoms. The Labute approximate surface area is 69.3 Å². The summed E-state index contributed by atoms with van der Waals surface area (Å²) >= 11 is 0. The first-order chi connectivity index (χ1) is 5.29. The van der Waals surface area contributed by atoms with Crippen molar-refractivity contribution < 1.29 is 0 Å². The minimum absolute atomic E-state index is 0.536. The molecule has 0 aromatic rings. The van der Waals surface area contributed by atoms with Crippen LogP contribution in [0.3, 0.4) is 0 Å². The lowest BCUT2D eigenvalue weighted by atomic mass is 9.97. The summed E-state index contributed by atoms with van der Waals surface area (Å²) in [6.07, 6.45) is 9.19. The standard InChI is InChI=1S/C6H13N.C3H7N/c7-6-4-2-1-3-5-6;4-3-1-2-3/h6H,1-5,7H2;3H,1-2,4H2. The van der Waals surface area contributed by atoms with Crippen molar-refractivity contribution in [3.05, 3.63) is 0 Å². The van der Waals surface area contributed by atoms with E-state index >= 15 is 0 Å². The Morgan fingerprint density at radius 2 is 1.00 bits per heavy atom. The van der Waals surface area contributed by atoms with Crippen molar-refractivity contribution in [2.75, 3.05) is 0 Å². The summed E-state index contributed by atoms with van der Waals surface area (Å²) in [6, 6.07) is 1.12. The summed E-state index contributed by atoms with van der Waals surface area (Å²) in [6.45, 7) is 0. The highest BCUT2D eigenvalue weighted by molar-refractivity contribution is 4.75. The van der Waals surface area contributed by atoms with Gasteiger partial charge in [0.2, 0.25) is 0 Å². The van der Waals surface area contributed by atoms with Crippen molar-refractivity contribution in [2.45, 2.75) is 57.0 Å². The van der Waals surface area contributed by atoms with Gasteiger partial charge in [0.05, 0.1) is 0 Å². The Kier molecular flexibility index (Phi) is 3.87. The molecule has 0 atom stereocenters. The first-order valence-corrected chi connectivity index (χ1v) is 4.80. The Hall–Kier alpha value is -0.0800. The third-order valence-electron chi connectivity index (χ3n) is 2.27. The SMILES string of the molecule is NC1CC1.NC1CCCCC1. The molecule has 2 aliphatic rings. The van der Waals surface area contributed by atoms with Crippen LogP contribution in [0.5, 0.6) is 0 Å². The first kappa shape index (κ1) is 9.01. The summed E-state index contributed by atoms with van der Waals surface area (Å²) in [5.74, 6) is 0. The van der Waals surface area contributed by atoms with Crippen LogP contribution in [0, 0.1) is 0 Å². The van der Waals surface area contributed by atoms with E-state index in [0.29, 0.717) is 12.1 Å². The molecule has 2 saturated carbocycles. The molecule has 0 aliphatic heterocycles. The van der Waals surface area contributed by atoms with Crippen LogP contribution in [0.4, 0.5) is 0 Å². The Balaban J connectivity index is 0.000000128. The molecule has 0 aromatic heterocycles. The highest BCUT2D eigenvalue weighted by Crippen LogP contribution is 2.14. The second-order valence-electron chi connectivity index (χ2n) is 3.74. The Bertz CT molecular complexity index is 93.7. The van der Waals surface area contributed by atoms with E-state index < -0.39 is 0 Å². The maximum atomic E-state index is 5.63. The normalized spacial score (nSPS) is 25.6. The predicted octanol–water partition coefficient (Wildman–Crippen LogP) is 1.39. The average molecular weight is 156 g/mol. The summed E-state index contributed by atoms with van der Waals surface area (Å²) in [5, 5.41) is 0. The van der Waals surface area contributed by atoms with Crippen molar-refractivity contribution in [2.24, 2.45) is 11.5 Å². The van der Waals surface area contributed by atoms with Gasteiger partial charge >= 0.3 is 0 Å². The molecular formula is C9H20N2. The lowest BCUT2D eigenvalue weighted by Gasteiger charge is -2.15. The van der Waals surface area contributed by atoms with Gasteiger partial charge in [0.15, 0.2) is 0 Å². The molecule has 2 nitrogen and oxygen atoms in total. The number of nitrogens with two attached hydrogens (primary N) is 2. The van der Waals surface area contributed by atoms with Gasteiger partial charge < -0.3 is 11.5 Å². The predicted molar refractivity (Wildman–Crippen MR) is 48.3 cm³/mol. The molecule has 66 valence electrons. The third kappa shape index (κ3) is 5.22. The molecule has 2 fully saturated rings. The fraction of sp³-hybridized carbons (Fsp3) is 1.00. The number of hydrogen-bond donors (Lipinski definition) is 2. The maximum Gasteiger partial charge on any atom is 0.00399 e. The van der Waals surface area contributed by atoms with Gasteiger partial charge in [-0.25, -0.2) is 0 Å². The molecule has 0 bridgehead atoms. The van der Waals surface area contributed by atoms with Crippen LogP contribution in [0.1, 0.15) is 44.9 Å². The summed E-state index contributed by atoms with van der Waals surface area (Å²) in [4.78, 5) is 0. The van der Waals surface area contributed by atoms with Gasteiger partial charge in [-0.15, -0.1) is 0 Å². The van der Waals surface area contributed by atoms with Gasteiger partial charge in [0, 0.05) is 12.1 Å². The molecule has 4 N–H and O–H groups in total. The van der Waals surface area contributed by atoms with E-state index in [9.17, 15) is 0 Å². The van der Waals surface area contributed by atoms with Crippen molar-refractivity contribution in [1.82, 2.24) is 0 Å². The molecule has 11 heavy (non-hydrogen) atoms. The zero-order valence-electron chi connectivity index (χ0n) is 7.26. The van der Waals surface area contributed by atoms with E-state index in [1.54, 1.807) is 0 Å². The second kappa shape index (κ2) is 4.73. The molecule has 0 radical (unpaired) electrons. The fourth-order valence-corrected chi connectivity index (χ4v) is 1.23. The molecule has 2 aliphatic carbocycles. The highest BCUT2D eigenvalue weighted by atomic mass is 14.7. The second-order valence-corrected chi connectivity index (χ2v) is 3.74. The minimum Gasteiger partial charge on any atom is -0.328 e. The molecular weight excluding hydrogens is 136 g/mol. The van der Waals surface area contributed by atoms with Crippen LogP contribution in [0.25, 0.3) is 0 Å². The van der Waals surface area contributed by atoms with Gasteiger partial charge in [0.25, 0.3) is 0 Å². The average Bonchev–Trinajstić information content (AvgIpc) is 2.75. The molecule has 2 rings (SSSR count).